The number of hydrogen-bond acceptors (Lipinski definition) is 12. The minimum atomic E-state index is -1.45. The van der Waals surface area contributed by atoms with Gasteiger partial charge in [0.25, 0.3) is 0 Å². The Labute approximate surface area is 301 Å². The number of fused-ring (bicyclic) bond motifs is 7. The Kier molecular flexibility index (Phi) is 9.62. The molecule has 8 rings (SSSR count). The fraction of sp³-hybridized carbons (Fsp3) is 0.949. The Hall–Kier alpha value is -0.740. The molecular weight excluding hydrogens is 660 g/mol. The van der Waals surface area contributed by atoms with Gasteiger partial charge in [0.15, 0.2) is 18.4 Å². The lowest BCUT2D eigenvalue weighted by Crippen LogP contribution is -2.62. The first-order valence-corrected chi connectivity index (χ1v) is 19.8. The van der Waals surface area contributed by atoms with Crippen molar-refractivity contribution in [1.82, 2.24) is 0 Å². The summed E-state index contributed by atoms with van der Waals surface area (Å²) in [5.41, 5.74) is 0.868. The summed E-state index contributed by atoms with van der Waals surface area (Å²) in [5, 5.41) is 63.8. The zero-order chi connectivity index (χ0) is 36.4. The van der Waals surface area contributed by atoms with Gasteiger partial charge >= 0.3 is 0 Å². The molecule has 6 N–H and O–H groups in total. The predicted octanol–water partition coefficient (Wildman–Crippen LogP) is 2.39. The van der Waals surface area contributed by atoms with Gasteiger partial charge in [0.05, 0.1) is 37.1 Å². The molecule has 0 aromatic rings. The molecule has 290 valence electrons. The summed E-state index contributed by atoms with van der Waals surface area (Å²) in [4.78, 5) is 0. The number of rotatable bonds is 4. The van der Waals surface area contributed by atoms with E-state index in [2.05, 4.69) is 33.8 Å². The highest BCUT2D eigenvalue weighted by Crippen LogP contribution is 2.71. The van der Waals surface area contributed by atoms with Crippen LogP contribution in [-0.2, 0) is 28.4 Å². The van der Waals surface area contributed by atoms with Crippen molar-refractivity contribution in [3.8, 4) is 0 Å². The Morgan fingerprint density at radius 2 is 1.39 bits per heavy atom. The predicted molar refractivity (Wildman–Crippen MR) is 182 cm³/mol. The van der Waals surface area contributed by atoms with E-state index in [0.29, 0.717) is 42.4 Å². The minimum absolute atomic E-state index is 0.119. The lowest BCUT2D eigenvalue weighted by atomic mass is 9.46. The average molecular weight is 723 g/mol. The van der Waals surface area contributed by atoms with E-state index >= 15 is 0 Å². The van der Waals surface area contributed by atoms with Gasteiger partial charge in [-0.05, 0) is 87.4 Å². The Morgan fingerprint density at radius 1 is 0.745 bits per heavy atom. The zero-order valence-electron chi connectivity index (χ0n) is 31.0. The maximum Gasteiger partial charge on any atom is 0.186 e. The van der Waals surface area contributed by atoms with E-state index in [4.69, 9.17) is 28.4 Å². The van der Waals surface area contributed by atoms with Gasteiger partial charge in [0.2, 0.25) is 0 Å². The summed E-state index contributed by atoms with van der Waals surface area (Å²) < 4.78 is 38.5. The standard InChI is InChI=1S/C39H62O12/c1-17-9-12-39(46-16-17)18(2)28-26(51-39)15-25-23-8-7-21-13-22(49-35-33(44)31(42)29(40)19(3)47-35)14-27(38(21,6)24(23)10-11-37(25,28)5)50-36-34(45)32(43)30(41)20(4)48-36/h7,17-20,22-36,40-45H,8-16H2,1-6H3/t17-,18+,19+,20-,22-,23-,24+,25+,26+,27-,28+,29+,30+,31-,32+,33-,34-,35+,36+,37+,38+,39-/m0/s1. The second-order valence-corrected chi connectivity index (χ2v) is 18.3. The molecule has 4 heterocycles. The maximum atomic E-state index is 11.1. The monoisotopic (exact) mass is 722 g/mol. The molecule has 4 aliphatic carbocycles. The van der Waals surface area contributed by atoms with Crippen LogP contribution in [0.3, 0.4) is 0 Å². The van der Waals surface area contributed by atoms with Crippen molar-refractivity contribution in [3.63, 3.8) is 0 Å². The van der Waals surface area contributed by atoms with Crippen molar-refractivity contribution in [2.24, 2.45) is 46.3 Å². The molecule has 0 aromatic heterocycles. The van der Waals surface area contributed by atoms with Gasteiger partial charge in [0, 0.05) is 24.2 Å². The van der Waals surface area contributed by atoms with Gasteiger partial charge in [-0.1, -0.05) is 39.3 Å². The number of aliphatic hydroxyl groups is 6. The van der Waals surface area contributed by atoms with Crippen molar-refractivity contribution >= 4 is 0 Å². The Bertz CT molecular complexity index is 1320. The van der Waals surface area contributed by atoms with Gasteiger partial charge in [0.1, 0.15) is 36.6 Å². The molecule has 0 aromatic carbocycles. The molecule has 12 nitrogen and oxygen atoms in total. The van der Waals surface area contributed by atoms with Gasteiger partial charge in [-0.25, -0.2) is 0 Å². The molecular formula is C39H62O12. The van der Waals surface area contributed by atoms with Crippen LogP contribution in [-0.4, -0.2) is 123 Å². The molecule has 0 unspecified atom stereocenters. The molecule has 0 amide bonds. The Balaban J connectivity index is 1.08. The zero-order valence-corrected chi connectivity index (χ0v) is 31.0. The number of allylic oxidation sites excluding steroid dienone is 1. The second-order valence-electron chi connectivity index (χ2n) is 18.3. The quantitative estimate of drug-likeness (QED) is 0.234. The lowest BCUT2D eigenvalue weighted by Gasteiger charge is -2.61. The first-order valence-electron chi connectivity index (χ1n) is 19.8. The molecule has 22 atom stereocenters. The first kappa shape index (κ1) is 37.2. The van der Waals surface area contributed by atoms with Crippen LogP contribution in [0.4, 0.5) is 0 Å². The second kappa shape index (κ2) is 13.2. The fourth-order valence-corrected chi connectivity index (χ4v) is 12.6. The molecule has 7 fully saturated rings. The molecule has 0 bridgehead atoms. The van der Waals surface area contributed by atoms with E-state index in [9.17, 15) is 30.6 Å². The Morgan fingerprint density at radius 3 is 2.02 bits per heavy atom. The van der Waals surface area contributed by atoms with Crippen LogP contribution < -0.4 is 0 Å². The molecule has 4 saturated heterocycles. The number of aliphatic hydroxyl groups excluding tert-OH is 6. The molecule has 51 heavy (non-hydrogen) atoms. The van der Waals surface area contributed by atoms with E-state index in [1.807, 2.05) is 0 Å². The van der Waals surface area contributed by atoms with Crippen LogP contribution in [0.15, 0.2) is 11.6 Å². The SMILES string of the molecule is C[C@H]1CC[C@]2(OC1)O[C@@H]1C[C@@H]3[C@H]4CC=C5C[C@H](O[C@H]6O[C@H](C)[C@@H](O)[C@H](O)[C@@H]6O)C[C@H](O[C@H]6O[C@@H](C)[C@@H](O)[C@@H](O)[C@@H]6O)[C@@]5(C)[C@@H]4CC[C@@]3(C)[C@@H]1[C@H]2C. The van der Waals surface area contributed by atoms with Crippen LogP contribution >= 0.6 is 0 Å². The third kappa shape index (κ3) is 5.67. The van der Waals surface area contributed by atoms with E-state index in [1.54, 1.807) is 13.8 Å². The van der Waals surface area contributed by atoms with Gasteiger partial charge in [-0.2, -0.15) is 0 Å². The van der Waals surface area contributed by atoms with Crippen LogP contribution in [0.5, 0.6) is 0 Å². The summed E-state index contributed by atoms with van der Waals surface area (Å²) >= 11 is 0. The average Bonchev–Trinajstić information content (AvgIpc) is 3.55. The van der Waals surface area contributed by atoms with Crippen molar-refractivity contribution in [3.05, 3.63) is 11.6 Å². The molecule has 3 saturated carbocycles. The highest BCUT2D eigenvalue weighted by molar-refractivity contribution is 5.29. The van der Waals surface area contributed by atoms with Crippen LogP contribution in [0.1, 0.15) is 92.9 Å². The van der Waals surface area contributed by atoms with Gasteiger partial charge < -0.3 is 59.1 Å². The maximum absolute atomic E-state index is 11.1. The molecule has 0 radical (unpaired) electrons. The minimum Gasteiger partial charge on any atom is -0.388 e. The number of hydrogen-bond donors (Lipinski definition) is 6. The highest BCUT2D eigenvalue weighted by Gasteiger charge is 2.69. The van der Waals surface area contributed by atoms with Crippen molar-refractivity contribution in [2.75, 3.05) is 6.61 Å². The van der Waals surface area contributed by atoms with Crippen LogP contribution in [0.25, 0.3) is 0 Å². The van der Waals surface area contributed by atoms with E-state index < -0.39 is 84.8 Å². The third-order valence-corrected chi connectivity index (χ3v) is 15.6. The summed E-state index contributed by atoms with van der Waals surface area (Å²) in [6, 6.07) is 0. The highest BCUT2D eigenvalue weighted by atomic mass is 16.7. The lowest BCUT2D eigenvalue weighted by molar-refractivity contribution is -0.329. The largest absolute Gasteiger partial charge is 0.388 e. The van der Waals surface area contributed by atoms with Crippen LogP contribution in [0, 0.1) is 46.3 Å². The number of ether oxygens (including phenoxy) is 6. The normalized spacial score (nSPS) is 59.8. The van der Waals surface area contributed by atoms with Gasteiger partial charge in [-0.3, -0.25) is 0 Å². The van der Waals surface area contributed by atoms with E-state index in [-0.39, 0.29) is 17.4 Å². The van der Waals surface area contributed by atoms with E-state index in [1.165, 1.54) is 5.57 Å². The molecule has 12 heteroatoms. The van der Waals surface area contributed by atoms with Crippen LogP contribution in [0.2, 0.25) is 0 Å². The first-order chi connectivity index (χ1) is 24.1. The fourth-order valence-electron chi connectivity index (χ4n) is 12.6. The summed E-state index contributed by atoms with van der Waals surface area (Å²) in [7, 11) is 0. The van der Waals surface area contributed by atoms with Crippen molar-refractivity contribution in [1.29, 1.82) is 0 Å². The van der Waals surface area contributed by atoms with Crippen molar-refractivity contribution in [2.45, 2.75) is 178 Å². The molecule has 1 spiro atoms. The third-order valence-electron chi connectivity index (χ3n) is 15.6. The smallest absolute Gasteiger partial charge is 0.186 e. The summed E-state index contributed by atoms with van der Waals surface area (Å²) in [6.07, 6.45) is -3.33. The van der Waals surface area contributed by atoms with Gasteiger partial charge in [-0.15, -0.1) is 0 Å². The van der Waals surface area contributed by atoms with E-state index in [0.717, 1.165) is 45.1 Å². The molecule has 8 aliphatic rings. The topological polar surface area (TPSA) is 177 Å². The molecule has 4 aliphatic heterocycles. The summed E-state index contributed by atoms with van der Waals surface area (Å²) in [5.74, 6) is 1.99. The van der Waals surface area contributed by atoms with Crippen molar-refractivity contribution < 1.29 is 59.1 Å². The summed E-state index contributed by atoms with van der Waals surface area (Å²) in [6.45, 7) is 13.4.